The Hall–Kier alpha value is -3.34. The summed E-state index contributed by atoms with van der Waals surface area (Å²) in [5, 5.41) is 5.06. The van der Waals surface area contributed by atoms with Crippen LogP contribution in [0.4, 0.5) is 5.69 Å². The van der Waals surface area contributed by atoms with Crippen molar-refractivity contribution in [3.05, 3.63) is 113 Å². The smallest absolute Gasteiger partial charge is 0.118 e. The fourth-order valence-electron chi connectivity index (χ4n) is 2.94. The van der Waals surface area contributed by atoms with Crippen LogP contribution >= 0.6 is 11.6 Å². The Balaban J connectivity index is 0.000000221. The third-order valence-electron chi connectivity index (χ3n) is 4.68. The Morgan fingerprint density at radius 2 is 1.55 bits per heavy atom. The zero-order valence-electron chi connectivity index (χ0n) is 19.5. The standard InChI is InChI=1S/C16H19NO.C9H7ClN2.C3H6/c1-13-3-5-14(6-4-13)11-17-12-15-7-9-16(18-2)10-8-15;10-6-1-2-7-8(11)3-4-12-9(7)5-6;1-3-2/h3-10,17H,11-12H2,1-2H3;1-5H,(H2,11,12);3H,1H2,2H3. The molecule has 3 aromatic carbocycles. The quantitative estimate of drug-likeness (QED) is 0.315. The topological polar surface area (TPSA) is 60.2 Å². The predicted octanol–water partition coefficient (Wildman–Crippen LogP) is 6.96. The predicted molar refractivity (Wildman–Crippen MR) is 142 cm³/mol. The van der Waals surface area contributed by atoms with Crippen molar-refractivity contribution >= 4 is 28.2 Å². The van der Waals surface area contributed by atoms with Crippen molar-refractivity contribution in [2.45, 2.75) is 26.9 Å². The van der Waals surface area contributed by atoms with Gasteiger partial charge in [-0.1, -0.05) is 59.6 Å². The SMILES string of the molecule is C=CC.COc1ccc(CNCc2ccc(C)cc2)cc1.Nc1ccnc2cc(Cl)ccc12. The molecular weight excluding hydrogens is 430 g/mol. The number of nitrogens with two attached hydrogens (primary N) is 1. The molecule has 0 aliphatic heterocycles. The first-order valence-electron chi connectivity index (χ1n) is 10.7. The van der Waals surface area contributed by atoms with Crippen LogP contribution in [0.25, 0.3) is 10.9 Å². The van der Waals surface area contributed by atoms with Crippen LogP contribution in [-0.2, 0) is 13.1 Å². The van der Waals surface area contributed by atoms with Crippen LogP contribution in [0.3, 0.4) is 0 Å². The third kappa shape index (κ3) is 8.97. The van der Waals surface area contributed by atoms with E-state index in [1.165, 1.54) is 16.7 Å². The summed E-state index contributed by atoms with van der Waals surface area (Å²) in [5.74, 6) is 0.900. The Bertz CT molecular complexity index is 1130. The van der Waals surface area contributed by atoms with E-state index in [2.05, 4.69) is 60.2 Å². The molecule has 0 fully saturated rings. The number of hydrogen-bond acceptors (Lipinski definition) is 4. The summed E-state index contributed by atoms with van der Waals surface area (Å²) in [6, 6.07) is 24.0. The van der Waals surface area contributed by atoms with Gasteiger partial charge in [-0.05, 0) is 61.4 Å². The van der Waals surface area contributed by atoms with Gasteiger partial charge in [-0.15, -0.1) is 6.58 Å². The van der Waals surface area contributed by atoms with Crippen molar-refractivity contribution in [3.63, 3.8) is 0 Å². The minimum Gasteiger partial charge on any atom is -0.497 e. The summed E-state index contributed by atoms with van der Waals surface area (Å²) in [5.41, 5.74) is 11.2. The molecular formula is C28H32ClN3O. The fourth-order valence-corrected chi connectivity index (χ4v) is 3.11. The van der Waals surface area contributed by atoms with Gasteiger partial charge in [-0.3, -0.25) is 4.98 Å². The largest absolute Gasteiger partial charge is 0.497 e. The first-order valence-corrected chi connectivity index (χ1v) is 11.1. The Morgan fingerprint density at radius 1 is 0.970 bits per heavy atom. The molecule has 0 aliphatic rings. The molecule has 0 unspecified atom stereocenters. The number of rotatable bonds is 5. The van der Waals surface area contributed by atoms with Crippen LogP contribution in [-0.4, -0.2) is 12.1 Å². The van der Waals surface area contributed by atoms with Gasteiger partial charge in [0, 0.05) is 35.4 Å². The zero-order chi connectivity index (χ0) is 24.1. The summed E-state index contributed by atoms with van der Waals surface area (Å²) < 4.78 is 5.13. The number of hydrogen-bond donors (Lipinski definition) is 2. The number of nitrogens with one attached hydrogen (secondary N) is 1. The number of anilines is 1. The molecule has 5 heteroatoms. The highest BCUT2D eigenvalue weighted by Crippen LogP contribution is 2.21. The highest BCUT2D eigenvalue weighted by Gasteiger charge is 1.98. The lowest BCUT2D eigenvalue weighted by atomic mass is 10.1. The van der Waals surface area contributed by atoms with Gasteiger partial charge < -0.3 is 15.8 Å². The van der Waals surface area contributed by atoms with E-state index < -0.39 is 0 Å². The number of allylic oxidation sites excluding steroid dienone is 1. The number of aromatic nitrogens is 1. The lowest BCUT2D eigenvalue weighted by Gasteiger charge is -2.06. The molecule has 0 atom stereocenters. The number of methoxy groups -OCH3 is 1. The summed E-state index contributed by atoms with van der Waals surface area (Å²) in [4.78, 5) is 4.14. The highest BCUT2D eigenvalue weighted by molar-refractivity contribution is 6.31. The number of benzene rings is 3. The Labute approximate surface area is 202 Å². The van der Waals surface area contributed by atoms with E-state index in [1.807, 2.05) is 31.2 Å². The Morgan fingerprint density at radius 3 is 2.12 bits per heavy atom. The molecule has 3 N–H and O–H groups in total. The minimum absolute atomic E-state index is 0.681. The zero-order valence-corrected chi connectivity index (χ0v) is 20.3. The van der Waals surface area contributed by atoms with Gasteiger partial charge in [0.15, 0.2) is 0 Å². The third-order valence-corrected chi connectivity index (χ3v) is 4.91. The van der Waals surface area contributed by atoms with Gasteiger partial charge in [0.25, 0.3) is 0 Å². The van der Waals surface area contributed by atoms with Crippen molar-refractivity contribution < 1.29 is 4.74 Å². The first-order chi connectivity index (χ1) is 16.0. The molecule has 4 nitrogen and oxygen atoms in total. The number of nitrogens with zero attached hydrogens (tertiary/aromatic N) is 1. The van der Waals surface area contributed by atoms with Gasteiger partial charge in [0.05, 0.1) is 12.6 Å². The second kappa shape index (κ2) is 13.9. The summed E-state index contributed by atoms with van der Waals surface area (Å²) >= 11 is 5.79. The molecule has 0 saturated carbocycles. The van der Waals surface area contributed by atoms with Crippen molar-refractivity contribution in [2.75, 3.05) is 12.8 Å². The molecule has 4 rings (SSSR count). The van der Waals surface area contributed by atoms with Gasteiger partial charge in [0.1, 0.15) is 5.75 Å². The van der Waals surface area contributed by atoms with E-state index in [-0.39, 0.29) is 0 Å². The molecule has 0 bridgehead atoms. The number of fused-ring (bicyclic) bond motifs is 1. The van der Waals surface area contributed by atoms with E-state index in [1.54, 1.807) is 31.5 Å². The average Bonchev–Trinajstić information content (AvgIpc) is 2.82. The Kier molecular flexibility index (Phi) is 10.9. The van der Waals surface area contributed by atoms with E-state index in [0.717, 1.165) is 35.4 Å². The van der Waals surface area contributed by atoms with Gasteiger partial charge in [-0.25, -0.2) is 0 Å². The van der Waals surface area contributed by atoms with Crippen LogP contribution in [0.2, 0.25) is 5.02 Å². The number of nitrogen functional groups attached to an aromatic ring is 1. The molecule has 1 aromatic heterocycles. The molecule has 1 heterocycles. The summed E-state index contributed by atoms with van der Waals surface area (Å²) in [7, 11) is 1.69. The van der Waals surface area contributed by atoms with Crippen molar-refractivity contribution in [1.82, 2.24) is 10.3 Å². The molecule has 4 aromatic rings. The first kappa shape index (κ1) is 25.9. The molecule has 0 amide bonds. The molecule has 172 valence electrons. The van der Waals surface area contributed by atoms with Crippen LogP contribution in [0, 0.1) is 6.92 Å². The molecule has 0 aliphatic carbocycles. The molecule has 0 saturated heterocycles. The minimum atomic E-state index is 0.681. The van der Waals surface area contributed by atoms with Gasteiger partial charge >= 0.3 is 0 Å². The number of ether oxygens (including phenoxy) is 1. The van der Waals surface area contributed by atoms with Crippen LogP contribution in [0.5, 0.6) is 5.75 Å². The van der Waals surface area contributed by atoms with Gasteiger partial charge in [-0.2, -0.15) is 0 Å². The number of aryl methyl sites for hydroxylation is 1. The van der Waals surface area contributed by atoms with E-state index >= 15 is 0 Å². The molecule has 0 radical (unpaired) electrons. The van der Waals surface area contributed by atoms with Crippen molar-refractivity contribution in [3.8, 4) is 5.75 Å². The lowest BCUT2D eigenvalue weighted by molar-refractivity contribution is 0.414. The molecule has 33 heavy (non-hydrogen) atoms. The summed E-state index contributed by atoms with van der Waals surface area (Å²) in [6.07, 6.45) is 3.42. The van der Waals surface area contributed by atoms with Crippen LogP contribution in [0.15, 0.2) is 91.6 Å². The van der Waals surface area contributed by atoms with Crippen molar-refractivity contribution in [2.24, 2.45) is 0 Å². The fraction of sp³-hybridized carbons (Fsp3) is 0.179. The van der Waals surface area contributed by atoms with Crippen LogP contribution < -0.4 is 15.8 Å². The van der Waals surface area contributed by atoms with Crippen LogP contribution in [0.1, 0.15) is 23.6 Å². The maximum atomic E-state index is 5.79. The number of pyridine rings is 1. The second-order valence-corrected chi connectivity index (χ2v) is 7.84. The monoisotopic (exact) mass is 461 g/mol. The van der Waals surface area contributed by atoms with E-state index in [9.17, 15) is 0 Å². The summed E-state index contributed by atoms with van der Waals surface area (Å²) in [6.45, 7) is 9.12. The maximum Gasteiger partial charge on any atom is 0.118 e. The van der Waals surface area contributed by atoms with Crippen molar-refractivity contribution in [1.29, 1.82) is 0 Å². The molecule has 0 spiro atoms. The second-order valence-electron chi connectivity index (χ2n) is 7.41. The number of halogens is 1. The van der Waals surface area contributed by atoms with E-state index in [4.69, 9.17) is 22.1 Å². The highest BCUT2D eigenvalue weighted by atomic mass is 35.5. The average molecular weight is 462 g/mol. The van der Waals surface area contributed by atoms with Gasteiger partial charge in [0.2, 0.25) is 0 Å². The van der Waals surface area contributed by atoms with E-state index in [0.29, 0.717) is 5.02 Å². The maximum absolute atomic E-state index is 5.79. The normalized spacial score (nSPS) is 9.82. The lowest BCUT2D eigenvalue weighted by Crippen LogP contribution is -2.12.